The predicted octanol–water partition coefficient (Wildman–Crippen LogP) is 1.34. The third-order valence-corrected chi connectivity index (χ3v) is 4.56. The highest BCUT2D eigenvalue weighted by Gasteiger charge is 2.30. The van der Waals surface area contributed by atoms with E-state index in [1.165, 1.54) is 5.56 Å². The molecule has 6 heteroatoms. The molecule has 2 rings (SSSR count). The maximum absolute atomic E-state index is 11.7. The summed E-state index contributed by atoms with van der Waals surface area (Å²) in [5.74, 6) is -0.339. The summed E-state index contributed by atoms with van der Waals surface area (Å²) < 4.78 is 0. The molecule has 2 atom stereocenters. The third kappa shape index (κ3) is 4.77. The summed E-state index contributed by atoms with van der Waals surface area (Å²) in [6, 6.07) is 10.3. The number of nitrogens with zero attached hydrogens (tertiary/aromatic N) is 2. The van der Waals surface area contributed by atoms with E-state index in [0.29, 0.717) is 12.1 Å². The normalized spacial score (nSPS) is 19.7. The van der Waals surface area contributed by atoms with Crippen molar-refractivity contribution in [1.82, 2.24) is 15.1 Å². The Labute approximate surface area is 137 Å². The van der Waals surface area contributed by atoms with Gasteiger partial charge in [-0.1, -0.05) is 37.3 Å². The number of imide groups is 1. The SMILES string of the molecule is CCN(CC(=O)NC(N)=O)C1CCN(C(C)c2ccccc2)C1. The van der Waals surface area contributed by atoms with Crippen LogP contribution >= 0.6 is 0 Å². The first kappa shape index (κ1) is 17.4. The molecule has 0 saturated carbocycles. The summed E-state index contributed by atoms with van der Waals surface area (Å²) in [5, 5.41) is 2.14. The van der Waals surface area contributed by atoms with E-state index in [-0.39, 0.29) is 12.5 Å². The van der Waals surface area contributed by atoms with Gasteiger partial charge in [0.05, 0.1) is 6.54 Å². The fourth-order valence-electron chi connectivity index (χ4n) is 3.22. The Morgan fingerprint density at radius 3 is 2.70 bits per heavy atom. The number of urea groups is 1. The van der Waals surface area contributed by atoms with Gasteiger partial charge in [0.15, 0.2) is 0 Å². The van der Waals surface area contributed by atoms with Gasteiger partial charge >= 0.3 is 6.03 Å². The Hall–Kier alpha value is -1.92. The zero-order valence-corrected chi connectivity index (χ0v) is 13.9. The molecule has 3 amide bonds. The number of hydrogen-bond donors (Lipinski definition) is 2. The van der Waals surface area contributed by atoms with Crippen LogP contribution in [0.25, 0.3) is 0 Å². The number of benzene rings is 1. The molecule has 6 nitrogen and oxygen atoms in total. The van der Waals surface area contributed by atoms with Crippen LogP contribution in [0.3, 0.4) is 0 Å². The number of carbonyl (C=O) groups excluding carboxylic acids is 2. The number of nitrogens with one attached hydrogen (secondary N) is 1. The first-order valence-electron chi connectivity index (χ1n) is 8.13. The maximum Gasteiger partial charge on any atom is 0.318 e. The zero-order valence-electron chi connectivity index (χ0n) is 13.9. The average Bonchev–Trinajstić information content (AvgIpc) is 3.01. The molecule has 1 aliphatic heterocycles. The molecule has 0 aromatic heterocycles. The summed E-state index contributed by atoms with van der Waals surface area (Å²) in [7, 11) is 0. The number of hydrogen-bond acceptors (Lipinski definition) is 4. The van der Waals surface area contributed by atoms with E-state index < -0.39 is 6.03 Å². The van der Waals surface area contributed by atoms with E-state index in [1.807, 2.05) is 13.0 Å². The topological polar surface area (TPSA) is 78.7 Å². The van der Waals surface area contributed by atoms with Crippen LogP contribution in [0.15, 0.2) is 30.3 Å². The number of primary amides is 1. The molecule has 0 bridgehead atoms. The quantitative estimate of drug-likeness (QED) is 0.829. The lowest BCUT2D eigenvalue weighted by atomic mass is 10.1. The fraction of sp³-hybridized carbons (Fsp3) is 0.529. The first-order chi connectivity index (χ1) is 11.0. The summed E-state index contributed by atoms with van der Waals surface area (Å²) >= 11 is 0. The number of likely N-dealkylation sites (tertiary alicyclic amines) is 1. The first-order valence-corrected chi connectivity index (χ1v) is 8.13. The van der Waals surface area contributed by atoms with Crippen molar-refractivity contribution in [2.45, 2.75) is 32.4 Å². The van der Waals surface area contributed by atoms with Crippen LogP contribution in [0.1, 0.15) is 31.9 Å². The summed E-state index contributed by atoms with van der Waals surface area (Å²) in [5.41, 5.74) is 6.30. The molecule has 2 unspecified atom stereocenters. The molecule has 1 saturated heterocycles. The highest BCUT2D eigenvalue weighted by Crippen LogP contribution is 2.26. The van der Waals surface area contributed by atoms with Crippen LogP contribution in [-0.2, 0) is 4.79 Å². The van der Waals surface area contributed by atoms with Gasteiger partial charge in [-0.25, -0.2) is 4.79 Å². The van der Waals surface area contributed by atoms with Crippen molar-refractivity contribution in [3.05, 3.63) is 35.9 Å². The van der Waals surface area contributed by atoms with Crippen LogP contribution in [0, 0.1) is 0 Å². The van der Waals surface area contributed by atoms with Gasteiger partial charge < -0.3 is 5.73 Å². The van der Waals surface area contributed by atoms with Gasteiger partial charge in [0.25, 0.3) is 0 Å². The van der Waals surface area contributed by atoms with Crippen molar-refractivity contribution in [2.75, 3.05) is 26.2 Å². The standard InChI is InChI=1S/C17H26N4O2/c1-3-20(12-16(22)19-17(18)23)15-9-10-21(11-15)13(2)14-7-5-4-6-8-14/h4-8,13,15H,3,9-12H2,1-2H3,(H3,18,19,22,23). The molecule has 1 heterocycles. The van der Waals surface area contributed by atoms with E-state index in [0.717, 1.165) is 26.1 Å². The van der Waals surface area contributed by atoms with Crippen molar-refractivity contribution >= 4 is 11.9 Å². The lowest BCUT2D eigenvalue weighted by Crippen LogP contribution is -2.46. The molecule has 0 radical (unpaired) electrons. The summed E-state index contributed by atoms with van der Waals surface area (Å²) in [6.07, 6.45) is 1.02. The van der Waals surface area contributed by atoms with Gasteiger partial charge in [0.2, 0.25) is 5.91 Å². The molecular weight excluding hydrogens is 292 g/mol. The monoisotopic (exact) mass is 318 g/mol. The van der Waals surface area contributed by atoms with Crippen molar-refractivity contribution in [1.29, 1.82) is 0 Å². The molecule has 1 aromatic carbocycles. The second-order valence-corrected chi connectivity index (χ2v) is 6.00. The van der Waals surface area contributed by atoms with Gasteiger partial charge in [-0.15, -0.1) is 0 Å². The van der Waals surface area contributed by atoms with Gasteiger partial charge in [-0.2, -0.15) is 0 Å². The van der Waals surface area contributed by atoms with Crippen molar-refractivity contribution in [3.8, 4) is 0 Å². The molecule has 1 fully saturated rings. The zero-order chi connectivity index (χ0) is 16.8. The number of nitrogens with two attached hydrogens (primary N) is 1. The lowest BCUT2D eigenvalue weighted by molar-refractivity contribution is -0.121. The molecular formula is C17H26N4O2. The van der Waals surface area contributed by atoms with E-state index in [9.17, 15) is 9.59 Å². The van der Waals surface area contributed by atoms with Gasteiger partial charge in [-0.05, 0) is 25.5 Å². The van der Waals surface area contributed by atoms with Crippen LogP contribution < -0.4 is 11.1 Å². The fourth-order valence-corrected chi connectivity index (χ4v) is 3.22. The van der Waals surface area contributed by atoms with Crippen LogP contribution in [0.2, 0.25) is 0 Å². The molecule has 0 aliphatic carbocycles. The lowest BCUT2D eigenvalue weighted by Gasteiger charge is -2.29. The predicted molar refractivity (Wildman–Crippen MR) is 89.8 cm³/mol. The molecule has 126 valence electrons. The van der Waals surface area contributed by atoms with E-state index in [1.54, 1.807) is 0 Å². The maximum atomic E-state index is 11.7. The minimum atomic E-state index is -0.795. The Kier molecular flexibility index (Phi) is 6.12. The van der Waals surface area contributed by atoms with E-state index >= 15 is 0 Å². The number of amides is 3. The van der Waals surface area contributed by atoms with Crippen molar-refractivity contribution in [2.24, 2.45) is 5.73 Å². The van der Waals surface area contributed by atoms with Gasteiger partial charge in [0, 0.05) is 25.2 Å². The summed E-state index contributed by atoms with van der Waals surface area (Å²) in [4.78, 5) is 27.1. The molecule has 0 spiro atoms. The van der Waals surface area contributed by atoms with Gasteiger partial charge in [0.1, 0.15) is 0 Å². The van der Waals surface area contributed by atoms with Gasteiger partial charge in [-0.3, -0.25) is 19.9 Å². The summed E-state index contributed by atoms with van der Waals surface area (Å²) in [6.45, 7) is 7.15. The minimum Gasteiger partial charge on any atom is -0.351 e. The second kappa shape index (κ2) is 8.08. The van der Waals surface area contributed by atoms with Crippen LogP contribution in [-0.4, -0.2) is 54.0 Å². The highest BCUT2D eigenvalue weighted by atomic mass is 16.2. The molecule has 1 aliphatic rings. The minimum absolute atomic E-state index is 0.206. The molecule has 1 aromatic rings. The van der Waals surface area contributed by atoms with Crippen LogP contribution in [0.4, 0.5) is 4.79 Å². The average molecular weight is 318 g/mol. The largest absolute Gasteiger partial charge is 0.351 e. The van der Waals surface area contributed by atoms with Crippen molar-refractivity contribution in [3.63, 3.8) is 0 Å². The Morgan fingerprint density at radius 2 is 2.09 bits per heavy atom. The van der Waals surface area contributed by atoms with Crippen molar-refractivity contribution < 1.29 is 9.59 Å². The Morgan fingerprint density at radius 1 is 1.39 bits per heavy atom. The number of rotatable bonds is 6. The Balaban J connectivity index is 1.92. The van der Waals surface area contributed by atoms with Crippen LogP contribution in [0.5, 0.6) is 0 Å². The number of likely N-dealkylation sites (N-methyl/N-ethyl adjacent to an activating group) is 1. The second-order valence-electron chi connectivity index (χ2n) is 6.00. The smallest absolute Gasteiger partial charge is 0.318 e. The van der Waals surface area contributed by atoms with E-state index in [2.05, 4.69) is 46.3 Å². The number of carbonyl (C=O) groups is 2. The highest BCUT2D eigenvalue weighted by molar-refractivity contribution is 5.94. The van der Waals surface area contributed by atoms with E-state index in [4.69, 9.17) is 5.73 Å². The molecule has 23 heavy (non-hydrogen) atoms. The molecule has 3 N–H and O–H groups in total. The Bertz CT molecular complexity index is 535. The third-order valence-electron chi connectivity index (χ3n) is 4.56.